The standard InChI is InChI=1S/C19H16N4O3S/c24-17-19(9-3-6-12-5-1-2-7-13(12)19)21-18(25)23(17)11-15-20-16(22-26-15)14-8-4-10-27-14/h1-2,4-5,7-8,10H,3,6,9,11H2,(H,21,25)/t19-/m1/s1. The normalized spacial score (nSPS) is 21.6. The topological polar surface area (TPSA) is 88.3 Å². The van der Waals surface area contributed by atoms with Crippen LogP contribution in [0.4, 0.5) is 4.79 Å². The Bertz CT molecular complexity index is 1030. The van der Waals surface area contributed by atoms with Crippen molar-refractivity contribution in [2.45, 2.75) is 31.3 Å². The molecule has 1 saturated heterocycles. The third kappa shape index (κ3) is 2.48. The number of aryl methyl sites for hydroxylation is 1. The molecule has 136 valence electrons. The zero-order valence-corrected chi connectivity index (χ0v) is 15.2. The summed E-state index contributed by atoms with van der Waals surface area (Å²) >= 11 is 1.50. The Kier molecular flexibility index (Phi) is 3.61. The van der Waals surface area contributed by atoms with Crippen molar-refractivity contribution in [1.82, 2.24) is 20.4 Å². The number of hydrogen-bond acceptors (Lipinski definition) is 6. The molecule has 3 amide bonds. The summed E-state index contributed by atoms with van der Waals surface area (Å²) in [6.45, 7) is -0.0348. The molecule has 0 bridgehead atoms. The maximum Gasteiger partial charge on any atom is 0.325 e. The molecule has 0 radical (unpaired) electrons. The minimum Gasteiger partial charge on any atom is -0.337 e. The van der Waals surface area contributed by atoms with Crippen LogP contribution in [0, 0.1) is 0 Å². The molecule has 2 aromatic heterocycles. The van der Waals surface area contributed by atoms with E-state index in [0.717, 1.165) is 28.8 Å². The van der Waals surface area contributed by atoms with E-state index in [9.17, 15) is 9.59 Å². The smallest absolute Gasteiger partial charge is 0.325 e. The molecule has 1 fully saturated rings. The number of carbonyl (C=O) groups is 2. The van der Waals surface area contributed by atoms with Crippen LogP contribution in [0.1, 0.15) is 29.9 Å². The number of thiophene rings is 1. The number of hydrogen-bond donors (Lipinski definition) is 1. The largest absolute Gasteiger partial charge is 0.337 e. The Balaban J connectivity index is 1.44. The summed E-state index contributed by atoms with van der Waals surface area (Å²) in [6.07, 6.45) is 2.35. The molecule has 1 atom stereocenters. The first-order chi connectivity index (χ1) is 13.2. The van der Waals surface area contributed by atoms with Gasteiger partial charge in [-0.05, 0) is 41.8 Å². The van der Waals surface area contributed by atoms with Gasteiger partial charge in [-0.2, -0.15) is 4.98 Å². The van der Waals surface area contributed by atoms with Crippen LogP contribution in [0.5, 0.6) is 0 Å². The number of urea groups is 1. The van der Waals surface area contributed by atoms with Gasteiger partial charge in [0.05, 0.1) is 4.88 Å². The zero-order valence-electron chi connectivity index (χ0n) is 14.3. The highest BCUT2D eigenvalue weighted by Gasteiger charge is 2.54. The number of rotatable bonds is 3. The lowest BCUT2D eigenvalue weighted by Crippen LogP contribution is -2.46. The van der Waals surface area contributed by atoms with E-state index in [1.807, 2.05) is 41.8 Å². The molecule has 1 aliphatic carbocycles. The van der Waals surface area contributed by atoms with Gasteiger partial charge >= 0.3 is 6.03 Å². The molecule has 7 nitrogen and oxygen atoms in total. The second-order valence-corrected chi connectivity index (χ2v) is 7.67. The van der Waals surface area contributed by atoms with Crippen LogP contribution in [0.2, 0.25) is 0 Å². The molecule has 0 unspecified atom stereocenters. The van der Waals surface area contributed by atoms with E-state index < -0.39 is 11.6 Å². The SMILES string of the molecule is O=C1N[C@@]2(CCCc3ccccc32)C(=O)N1Cc1nc(-c2cccs2)no1. The molecule has 1 N–H and O–H groups in total. The molecule has 1 aromatic carbocycles. The Morgan fingerprint density at radius 1 is 1.22 bits per heavy atom. The molecule has 27 heavy (non-hydrogen) atoms. The highest BCUT2D eigenvalue weighted by atomic mass is 32.1. The molecule has 3 heterocycles. The van der Waals surface area contributed by atoms with Crippen molar-refractivity contribution >= 4 is 23.3 Å². The third-order valence-electron chi connectivity index (χ3n) is 5.15. The second-order valence-electron chi connectivity index (χ2n) is 6.73. The van der Waals surface area contributed by atoms with Gasteiger partial charge in [0, 0.05) is 0 Å². The second kappa shape index (κ2) is 6.02. The predicted octanol–water partition coefficient (Wildman–Crippen LogP) is 3.08. The fraction of sp³-hybridized carbons (Fsp3) is 0.263. The summed E-state index contributed by atoms with van der Waals surface area (Å²) < 4.78 is 5.26. The summed E-state index contributed by atoms with van der Waals surface area (Å²) in [7, 11) is 0. The fourth-order valence-corrected chi connectivity index (χ4v) is 4.56. The van der Waals surface area contributed by atoms with Crippen molar-refractivity contribution in [3.05, 3.63) is 58.8 Å². The van der Waals surface area contributed by atoms with Gasteiger partial charge in [0.15, 0.2) is 0 Å². The minimum atomic E-state index is -0.984. The molecular weight excluding hydrogens is 364 g/mol. The third-order valence-corrected chi connectivity index (χ3v) is 6.02. The Hall–Kier alpha value is -3.00. The first-order valence-corrected chi connectivity index (χ1v) is 9.64. The molecule has 1 aliphatic heterocycles. The lowest BCUT2D eigenvalue weighted by atomic mass is 9.76. The number of carbonyl (C=O) groups excluding carboxylic acids is 2. The number of benzene rings is 1. The molecular formula is C19H16N4O3S. The quantitative estimate of drug-likeness (QED) is 0.706. The van der Waals surface area contributed by atoms with Crippen molar-refractivity contribution in [3.8, 4) is 10.7 Å². The van der Waals surface area contributed by atoms with Gasteiger partial charge in [0.1, 0.15) is 12.1 Å². The Morgan fingerprint density at radius 2 is 2.11 bits per heavy atom. The van der Waals surface area contributed by atoms with E-state index in [4.69, 9.17) is 4.52 Å². The summed E-state index contributed by atoms with van der Waals surface area (Å²) in [5, 5.41) is 8.80. The molecule has 0 saturated carbocycles. The molecule has 1 spiro atoms. The summed E-state index contributed by atoms with van der Waals surface area (Å²) in [4.78, 5) is 32.2. The van der Waals surface area contributed by atoms with Crippen molar-refractivity contribution in [3.63, 3.8) is 0 Å². The van der Waals surface area contributed by atoms with Crippen molar-refractivity contribution in [2.75, 3.05) is 0 Å². The lowest BCUT2D eigenvalue weighted by Gasteiger charge is -2.33. The van der Waals surface area contributed by atoms with E-state index in [2.05, 4.69) is 15.5 Å². The maximum absolute atomic E-state index is 13.3. The first kappa shape index (κ1) is 16.2. The number of nitrogens with zero attached hydrogens (tertiary/aromatic N) is 3. The van der Waals surface area contributed by atoms with Crippen LogP contribution in [0.15, 0.2) is 46.3 Å². The lowest BCUT2D eigenvalue weighted by molar-refractivity contribution is -0.132. The number of imide groups is 1. The van der Waals surface area contributed by atoms with Crippen molar-refractivity contribution in [1.29, 1.82) is 0 Å². The van der Waals surface area contributed by atoms with Gasteiger partial charge in [0.2, 0.25) is 11.7 Å². The average molecular weight is 380 g/mol. The van der Waals surface area contributed by atoms with E-state index in [1.54, 1.807) is 0 Å². The molecule has 5 rings (SSSR count). The maximum atomic E-state index is 13.3. The van der Waals surface area contributed by atoms with Gasteiger partial charge in [-0.1, -0.05) is 35.5 Å². The van der Waals surface area contributed by atoms with Gasteiger partial charge in [-0.15, -0.1) is 11.3 Å². The van der Waals surface area contributed by atoms with Crippen LogP contribution in [-0.2, 0) is 23.3 Å². The number of fused-ring (bicyclic) bond motifs is 2. The number of aromatic nitrogens is 2. The van der Waals surface area contributed by atoms with E-state index in [1.165, 1.54) is 16.2 Å². The van der Waals surface area contributed by atoms with Crippen LogP contribution < -0.4 is 5.32 Å². The predicted molar refractivity (Wildman–Crippen MR) is 97.8 cm³/mol. The minimum absolute atomic E-state index is 0.0348. The van der Waals surface area contributed by atoms with Gasteiger partial charge in [0.25, 0.3) is 5.91 Å². The highest BCUT2D eigenvalue weighted by Crippen LogP contribution is 2.40. The monoisotopic (exact) mass is 380 g/mol. The Labute approximate surface area is 159 Å². The molecule has 8 heteroatoms. The number of amides is 3. The van der Waals surface area contributed by atoms with Gasteiger partial charge in [-0.3, -0.25) is 9.69 Å². The van der Waals surface area contributed by atoms with Crippen molar-refractivity contribution in [2.24, 2.45) is 0 Å². The average Bonchev–Trinajstić information content (AvgIpc) is 3.40. The highest BCUT2D eigenvalue weighted by molar-refractivity contribution is 7.13. The summed E-state index contributed by atoms with van der Waals surface area (Å²) in [5.41, 5.74) is 1.02. The zero-order chi connectivity index (χ0) is 18.4. The molecule has 2 aliphatic rings. The van der Waals surface area contributed by atoms with Crippen LogP contribution in [0.25, 0.3) is 10.7 Å². The number of nitrogens with one attached hydrogen (secondary N) is 1. The van der Waals surface area contributed by atoms with Crippen molar-refractivity contribution < 1.29 is 14.1 Å². The Morgan fingerprint density at radius 3 is 2.96 bits per heavy atom. The van der Waals surface area contributed by atoms with E-state index in [0.29, 0.717) is 12.2 Å². The first-order valence-electron chi connectivity index (χ1n) is 8.76. The van der Waals surface area contributed by atoms with Crippen LogP contribution in [-0.4, -0.2) is 27.0 Å². The fourth-order valence-electron chi connectivity index (χ4n) is 3.92. The van der Waals surface area contributed by atoms with Gasteiger partial charge < -0.3 is 9.84 Å². The van der Waals surface area contributed by atoms with Crippen LogP contribution >= 0.6 is 11.3 Å². The van der Waals surface area contributed by atoms with E-state index >= 15 is 0 Å². The molecule has 3 aromatic rings. The van der Waals surface area contributed by atoms with Crippen LogP contribution in [0.3, 0.4) is 0 Å². The summed E-state index contributed by atoms with van der Waals surface area (Å²) in [5.74, 6) is 0.448. The van der Waals surface area contributed by atoms with E-state index in [-0.39, 0.29) is 18.3 Å². The van der Waals surface area contributed by atoms with Gasteiger partial charge in [-0.25, -0.2) is 4.79 Å². The summed E-state index contributed by atoms with van der Waals surface area (Å²) in [6, 6.07) is 11.2.